The first-order chi connectivity index (χ1) is 8.56. The van der Waals surface area contributed by atoms with Gasteiger partial charge in [0, 0.05) is 11.1 Å². The summed E-state index contributed by atoms with van der Waals surface area (Å²) in [7, 11) is 1.65. The van der Waals surface area contributed by atoms with Gasteiger partial charge in [0.05, 0.1) is 7.11 Å². The van der Waals surface area contributed by atoms with Crippen LogP contribution in [0, 0.1) is 5.92 Å². The van der Waals surface area contributed by atoms with Crippen LogP contribution in [0.1, 0.15) is 31.4 Å². The molecular weight excluding hydrogens is 228 g/mol. The van der Waals surface area contributed by atoms with Crippen LogP contribution < -0.4 is 4.74 Å². The molecule has 2 rings (SSSR count). The minimum atomic E-state index is -0.799. The summed E-state index contributed by atoms with van der Waals surface area (Å²) in [6, 6.07) is 5.85. The zero-order valence-corrected chi connectivity index (χ0v) is 11.0. The van der Waals surface area contributed by atoms with Crippen LogP contribution in [0.2, 0.25) is 0 Å². The fourth-order valence-electron chi connectivity index (χ4n) is 2.70. The molecule has 1 N–H and O–H groups in total. The monoisotopic (exact) mass is 246 g/mol. The highest BCUT2D eigenvalue weighted by Gasteiger charge is 2.26. The van der Waals surface area contributed by atoms with Gasteiger partial charge >= 0.3 is 5.97 Å². The molecule has 0 fully saturated rings. The predicted molar refractivity (Wildman–Crippen MR) is 70.7 cm³/mol. The highest BCUT2D eigenvalue weighted by molar-refractivity contribution is 5.98. The number of ether oxygens (including phenoxy) is 1. The van der Waals surface area contributed by atoms with Gasteiger partial charge in [0.1, 0.15) is 5.75 Å². The molecule has 0 amide bonds. The van der Waals surface area contributed by atoms with Crippen molar-refractivity contribution in [3.05, 3.63) is 34.9 Å². The van der Waals surface area contributed by atoms with Crippen molar-refractivity contribution in [3.63, 3.8) is 0 Å². The molecule has 3 heteroatoms. The van der Waals surface area contributed by atoms with Crippen molar-refractivity contribution in [2.24, 2.45) is 5.92 Å². The van der Waals surface area contributed by atoms with Crippen molar-refractivity contribution >= 4 is 11.5 Å². The third-order valence-electron chi connectivity index (χ3n) is 3.43. The molecule has 0 heterocycles. The van der Waals surface area contributed by atoms with E-state index in [0.717, 1.165) is 28.9 Å². The normalized spacial score (nSPS) is 14.7. The molecule has 1 aromatic rings. The second kappa shape index (κ2) is 4.84. The van der Waals surface area contributed by atoms with E-state index >= 15 is 0 Å². The molecule has 0 saturated carbocycles. The summed E-state index contributed by atoms with van der Waals surface area (Å²) in [6.07, 6.45) is 1.31. The van der Waals surface area contributed by atoms with Crippen molar-refractivity contribution in [3.8, 4) is 5.75 Å². The number of aliphatic carboxylic acids is 1. The molecule has 0 atom stereocenters. The Morgan fingerprint density at radius 3 is 2.61 bits per heavy atom. The van der Waals surface area contributed by atoms with Gasteiger partial charge in [-0.15, -0.1) is 0 Å². The summed E-state index contributed by atoms with van der Waals surface area (Å²) in [5, 5.41) is 9.32. The summed E-state index contributed by atoms with van der Waals surface area (Å²) in [5.74, 6) is 0.254. The summed E-state index contributed by atoms with van der Waals surface area (Å²) >= 11 is 0. The van der Waals surface area contributed by atoms with E-state index in [2.05, 4.69) is 0 Å². The van der Waals surface area contributed by atoms with Crippen LogP contribution in [0.4, 0.5) is 0 Å². The number of hydrogen-bond acceptors (Lipinski definition) is 2. The van der Waals surface area contributed by atoms with Gasteiger partial charge in [-0.2, -0.15) is 0 Å². The van der Waals surface area contributed by atoms with E-state index in [1.807, 2.05) is 32.0 Å². The maximum atomic E-state index is 11.3. The Hall–Kier alpha value is -1.77. The van der Waals surface area contributed by atoms with E-state index in [1.165, 1.54) is 0 Å². The molecule has 0 unspecified atom stereocenters. The number of carboxylic acid groups (broad SMARTS) is 1. The van der Waals surface area contributed by atoms with E-state index in [9.17, 15) is 9.90 Å². The van der Waals surface area contributed by atoms with Crippen LogP contribution in [0.25, 0.3) is 5.57 Å². The van der Waals surface area contributed by atoms with Crippen molar-refractivity contribution in [1.29, 1.82) is 0 Å². The predicted octanol–water partition coefficient (Wildman–Crippen LogP) is 3.14. The first-order valence-corrected chi connectivity index (χ1v) is 6.18. The maximum Gasteiger partial charge on any atom is 0.331 e. The SMILES string of the molecule is COc1cccc2c1CCC(C(=O)O)=C2C(C)C. The Morgan fingerprint density at radius 1 is 1.33 bits per heavy atom. The summed E-state index contributed by atoms with van der Waals surface area (Å²) in [5.41, 5.74) is 3.66. The van der Waals surface area contributed by atoms with E-state index < -0.39 is 5.97 Å². The Balaban J connectivity index is 2.66. The molecule has 1 aliphatic carbocycles. The third-order valence-corrected chi connectivity index (χ3v) is 3.43. The molecule has 0 radical (unpaired) electrons. The highest BCUT2D eigenvalue weighted by atomic mass is 16.5. The minimum Gasteiger partial charge on any atom is -0.496 e. The third kappa shape index (κ3) is 2.01. The first kappa shape index (κ1) is 12.7. The number of allylic oxidation sites excluding steroid dienone is 1. The van der Waals surface area contributed by atoms with Crippen molar-refractivity contribution < 1.29 is 14.6 Å². The van der Waals surface area contributed by atoms with Crippen LogP contribution >= 0.6 is 0 Å². The Labute approximate surface area is 107 Å². The fourth-order valence-corrected chi connectivity index (χ4v) is 2.70. The lowest BCUT2D eigenvalue weighted by Crippen LogP contribution is -2.15. The van der Waals surface area contributed by atoms with Crippen molar-refractivity contribution in [2.75, 3.05) is 7.11 Å². The molecule has 0 saturated heterocycles. The van der Waals surface area contributed by atoms with Gasteiger partial charge in [-0.3, -0.25) is 0 Å². The summed E-state index contributed by atoms with van der Waals surface area (Å²) < 4.78 is 5.37. The van der Waals surface area contributed by atoms with Gasteiger partial charge in [0.15, 0.2) is 0 Å². The number of rotatable bonds is 3. The topological polar surface area (TPSA) is 46.5 Å². The maximum absolute atomic E-state index is 11.3. The van der Waals surface area contributed by atoms with Crippen LogP contribution in [-0.4, -0.2) is 18.2 Å². The Morgan fingerprint density at radius 2 is 2.06 bits per heavy atom. The van der Waals surface area contributed by atoms with Crippen molar-refractivity contribution in [2.45, 2.75) is 26.7 Å². The molecule has 96 valence electrons. The fraction of sp³-hybridized carbons (Fsp3) is 0.400. The second-order valence-corrected chi connectivity index (χ2v) is 4.84. The number of hydrogen-bond donors (Lipinski definition) is 1. The van der Waals surface area contributed by atoms with Gasteiger partial charge < -0.3 is 9.84 Å². The van der Waals surface area contributed by atoms with E-state index in [-0.39, 0.29) is 5.92 Å². The highest BCUT2D eigenvalue weighted by Crippen LogP contribution is 2.39. The lowest BCUT2D eigenvalue weighted by atomic mass is 9.80. The number of carbonyl (C=O) groups is 1. The van der Waals surface area contributed by atoms with Crippen LogP contribution in [-0.2, 0) is 11.2 Å². The smallest absolute Gasteiger partial charge is 0.331 e. The largest absolute Gasteiger partial charge is 0.496 e. The average molecular weight is 246 g/mol. The number of methoxy groups -OCH3 is 1. The molecule has 0 spiro atoms. The second-order valence-electron chi connectivity index (χ2n) is 4.84. The molecule has 18 heavy (non-hydrogen) atoms. The van der Waals surface area contributed by atoms with Gasteiger partial charge in [-0.05, 0) is 36.0 Å². The quantitative estimate of drug-likeness (QED) is 0.891. The zero-order valence-electron chi connectivity index (χ0n) is 11.0. The molecule has 0 bridgehead atoms. The van der Waals surface area contributed by atoms with Crippen LogP contribution in [0.3, 0.4) is 0 Å². The first-order valence-electron chi connectivity index (χ1n) is 6.18. The lowest BCUT2D eigenvalue weighted by molar-refractivity contribution is -0.132. The van der Waals surface area contributed by atoms with Crippen molar-refractivity contribution in [1.82, 2.24) is 0 Å². The lowest BCUT2D eigenvalue weighted by Gasteiger charge is -2.25. The summed E-state index contributed by atoms with van der Waals surface area (Å²) in [6.45, 7) is 4.07. The van der Waals surface area contributed by atoms with E-state index in [0.29, 0.717) is 12.0 Å². The van der Waals surface area contributed by atoms with E-state index in [1.54, 1.807) is 7.11 Å². The molecular formula is C15H18O3. The number of benzene rings is 1. The van der Waals surface area contributed by atoms with Crippen LogP contribution in [0.5, 0.6) is 5.75 Å². The average Bonchev–Trinajstić information content (AvgIpc) is 2.35. The Bertz CT molecular complexity index is 512. The molecule has 1 aromatic carbocycles. The number of carboxylic acids is 1. The minimum absolute atomic E-state index is 0.197. The van der Waals surface area contributed by atoms with E-state index in [4.69, 9.17) is 4.74 Å². The van der Waals surface area contributed by atoms with Gasteiger partial charge in [0.25, 0.3) is 0 Å². The standard InChI is InChI=1S/C15H18O3/c1-9(2)14-11-5-4-6-13(18-3)10(11)7-8-12(14)15(16)17/h4-6,9H,7-8H2,1-3H3,(H,16,17). The zero-order chi connectivity index (χ0) is 13.3. The molecule has 0 aliphatic heterocycles. The summed E-state index contributed by atoms with van der Waals surface area (Å²) in [4.78, 5) is 11.3. The van der Waals surface area contributed by atoms with Crippen LogP contribution in [0.15, 0.2) is 23.8 Å². The van der Waals surface area contributed by atoms with Gasteiger partial charge in [-0.1, -0.05) is 26.0 Å². The van der Waals surface area contributed by atoms with Gasteiger partial charge in [-0.25, -0.2) is 4.79 Å². The molecule has 1 aliphatic rings. The molecule has 0 aromatic heterocycles. The molecule has 3 nitrogen and oxygen atoms in total. The number of fused-ring (bicyclic) bond motifs is 1. The van der Waals surface area contributed by atoms with Gasteiger partial charge in [0.2, 0.25) is 0 Å². The Kier molecular flexibility index (Phi) is 3.41.